The predicted molar refractivity (Wildman–Crippen MR) is 111 cm³/mol. The van der Waals surface area contributed by atoms with Crippen molar-refractivity contribution in [3.05, 3.63) is 77.0 Å². The summed E-state index contributed by atoms with van der Waals surface area (Å²) >= 11 is 6.00. The number of nitriles is 1. The van der Waals surface area contributed by atoms with Gasteiger partial charge in [0.15, 0.2) is 0 Å². The number of rotatable bonds is 5. The number of aromatic nitrogens is 2. The van der Waals surface area contributed by atoms with E-state index in [0.717, 1.165) is 11.3 Å². The Bertz CT molecular complexity index is 1040. The summed E-state index contributed by atoms with van der Waals surface area (Å²) in [7, 11) is 0. The molecule has 0 unspecified atom stereocenters. The maximum Gasteiger partial charge on any atom is 0.262 e. The third-order valence-corrected chi connectivity index (χ3v) is 4.22. The molecule has 28 heavy (non-hydrogen) atoms. The van der Waals surface area contributed by atoms with E-state index in [1.54, 1.807) is 29.1 Å². The Morgan fingerprint density at radius 1 is 1.18 bits per heavy atom. The number of nitrogens with zero attached hydrogens (tertiary/aromatic N) is 3. The molecule has 1 amide bonds. The van der Waals surface area contributed by atoms with E-state index in [-0.39, 0.29) is 11.6 Å². The van der Waals surface area contributed by atoms with Gasteiger partial charge in [-0.25, -0.2) is 4.68 Å². The molecule has 0 aliphatic carbocycles. The fourth-order valence-corrected chi connectivity index (χ4v) is 2.81. The molecule has 0 bridgehead atoms. The van der Waals surface area contributed by atoms with Crippen molar-refractivity contribution < 1.29 is 4.79 Å². The molecule has 0 fully saturated rings. The number of hydrogen-bond acceptors (Lipinski definition) is 3. The van der Waals surface area contributed by atoms with Gasteiger partial charge in [0, 0.05) is 28.4 Å². The second-order valence-electron chi connectivity index (χ2n) is 6.52. The number of para-hydroxylation sites is 1. The molecule has 0 radical (unpaired) electrons. The van der Waals surface area contributed by atoms with Crippen LogP contribution in [0.4, 0.5) is 0 Å². The van der Waals surface area contributed by atoms with Gasteiger partial charge in [0.2, 0.25) is 0 Å². The number of halogens is 1. The van der Waals surface area contributed by atoms with E-state index < -0.39 is 5.91 Å². The lowest BCUT2D eigenvalue weighted by molar-refractivity contribution is -0.117. The van der Waals surface area contributed by atoms with Crippen LogP contribution in [0.1, 0.15) is 19.4 Å². The minimum Gasteiger partial charge on any atom is -0.349 e. The summed E-state index contributed by atoms with van der Waals surface area (Å²) in [6, 6.07) is 18.8. The van der Waals surface area contributed by atoms with Crippen LogP contribution >= 0.6 is 11.6 Å². The van der Waals surface area contributed by atoms with Crippen LogP contribution in [0.2, 0.25) is 5.02 Å². The van der Waals surface area contributed by atoms with Gasteiger partial charge in [0.1, 0.15) is 11.6 Å². The molecule has 0 aliphatic rings. The Kier molecular flexibility index (Phi) is 5.93. The van der Waals surface area contributed by atoms with E-state index in [4.69, 9.17) is 11.6 Å². The van der Waals surface area contributed by atoms with Crippen molar-refractivity contribution in [3.63, 3.8) is 0 Å². The van der Waals surface area contributed by atoms with Crippen molar-refractivity contribution in [1.29, 1.82) is 5.26 Å². The first-order chi connectivity index (χ1) is 13.5. The van der Waals surface area contributed by atoms with Crippen LogP contribution < -0.4 is 5.32 Å². The smallest absolute Gasteiger partial charge is 0.262 e. The molecule has 3 aromatic rings. The van der Waals surface area contributed by atoms with Gasteiger partial charge in [0.05, 0.1) is 11.4 Å². The molecule has 6 heteroatoms. The van der Waals surface area contributed by atoms with Crippen molar-refractivity contribution in [2.45, 2.75) is 19.9 Å². The van der Waals surface area contributed by atoms with Gasteiger partial charge in [-0.15, -0.1) is 0 Å². The van der Waals surface area contributed by atoms with Gasteiger partial charge in [-0.3, -0.25) is 4.79 Å². The molecule has 3 rings (SSSR count). The highest BCUT2D eigenvalue weighted by Crippen LogP contribution is 2.27. The molecular formula is C22H19ClN4O. The van der Waals surface area contributed by atoms with E-state index >= 15 is 0 Å². The molecule has 0 aliphatic heterocycles. The maximum atomic E-state index is 12.3. The van der Waals surface area contributed by atoms with Crippen LogP contribution in [-0.2, 0) is 4.79 Å². The molecule has 0 spiro atoms. The first kappa shape index (κ1) is 19.4. The Morgan fingerprint density at radius 2 is 1.86 bits per heavy atom. The highest BCUT2D eigenvalue weighted by Gasteiger charge is 2.15. The molecule has 0 atom stereocenters. The maximum absolute atomic E-state index is 12.3. The van der Waals surface area contributed by atoms with E-state index in [0.29, 0.717) is 16.3 Å². The van der Waals surface area contributed by atoms with Crippen molar-refractivity contribution in [1.82, 2.24) is 15.1 Å². The number of amides is 1. The highest BCUT2D eigenvalue weighted by atomic mass is 35.5. The van der Waals surface area contributed by atoms with Crippen molar-refractivity contribution in [2.24, 2.45) is 0 Å². The largest absolute Gasteiger partial charge is 0.349 e. The number of nitrogens with one attached hydrogen (secondary N) is 1. The van der Waals surface area contributed by atoms with Gasteiger partial charge >= 0.3 is 0 Å². The second kappa shape index (κ2) is 8.55. The van der Waals surface area contributed by atoms with Gasteiger partial charge in [-0.1, -0.05) is 41.9 Å². The SMILES string of the molecule is CC(C)NC(=O)/C(C#N)=C/c1cn(-c2ccccc2)nc1-c1ccc(Cl)cc1. The minimum absolute atomic E-state index is 0.0246. The molecule has 1 heterocycles. The lowest BCUT2D eigenvalue weighted by atomic mass is 10.1. The Morgan fingerprint density at radius 3 is 2.46 bits per heavy atom. The predicted octanol–water partition coefficient (Wildman–Crippen LogP) is 4.62. The molecule has 140 valence electrons. The van der Waals surface area contributed by atoms with E-state index in [9.17, 15) is 10.1 Å². The first-order valence-corrected chi connectivity index (χ1v) is 9.19. The van der Waals surface area contributed by atoms with Crippen LogP contribution in [0, 0.1) is 11.3 Å². The van der Waals surface area contributed by atoms with Gasteiger partial charge < -0.3 is 5.32 Å². The van der Waals surface area contributed by atoms with Crippen LogP contribution in [0.5, 0.6) is 0 Å². The van der Waals surface area contributed by atoms with E-state index in [1.165, 1.54) is 0 Å². The number of carbonyl (C=O) groups excluding carboxylic acids is 1. The quantitative estimate of drug-likeness (QED) is 0.510. The van der Waals surface area contributed by atoms with Gasteiger partial charge in [-0.05, 0) is 44.2 Å². The van der Waals surface area contributed by atoms with Crippen LogP contribution in [0.15, 0.2) is 66.4 Å². The monoisotopic (exact) mass is 390 g/mol. The fourth-order valence-electron chi connectivity index (χ4n) is 2.68. The zero-order chi connectivity index (χ0) is 20.1. The topological polar surface area (TPSA) is 70.7 Å². The van der Waals surface area contributed by atoms with E-state index in [2.05, 4.69) is 10.4 Å². The summed E-state index contributed by atoms with van der Waals surface area (Å²) in [5, 5.41) is 17.5. The second-order valence-corrected chi connectivity index (χ2v) is 6.95. The first-order valence-electron chi connectivity index (χ1n) is 8.81. The van der Waals surface area contributed by atoms with Gasteiger partial charge in [-0.2, -0.15) is 10.4 Å². The zero-order valence-electron chi connectivity index (χ0n) is 15.6. The summed E-state index contributed by atoms with van der Waals surface area (Å²) in [6.07, 6.45) is 3.37. The summed E-state index contributed by atoms with van der Waals surface area (Å²) in [6.45, 7) is 3.69. The summed E-state index contributed by atoms with van der Waals surface area (Å²) in [5.74, 6) is -0.410. The lowest BCUT2D eigenvalue weighted by Gasteiger charge is -2.07. The van der Waals surface area contributed by atoms with Crippen molar-refractivity contribution in [2.75, 3.05) is 0 Å². The molecule has 0 saturated heterocycles. The number of hydrogen-bond donors (Lipinski definition) is 1. The molecular weight excluding hydrogens is 372 g/mol. The average molecular weight is 391 g/mol. The minimum atomic E-state index is -0.410. The van der Waals surface area contributed by atoms with Crippen LogP contribution in [0.3, 0.4) is 0 Å². The Balaban J connectivity index is 2.11. The summed E-state index contributed by atoms with van der Waals surface area (Å²) in [4.78, 5) is 12.3. The number of carbonyl (C=O) groups is 1. The molecule has 1 aromatic heterocycles. The van der Waals surface area contributed by atoms with Crippen LogP contribution in [0.25, 0.3) is 23.0 Å². The molecule has 0 saturated carbocycles. The third kappa shape index (κ3) is 4.48. The van der Waals surface area contributed by atoms with Crippen molar-refractivity contribution >= 4 is 23.6 Å². The molecule has 2 aromatic carbocycles. The Hall–Kier alpha value is -3.36. The fraction of sp³-hybridized carbons (Fsp3) is 0.136. The summed E-state index contributed by atoms with van der Waals surface area (Å²) < 4.78 is 1.73. The molecule has 5 nitrogen and oxygen atoms in total. The molecule has 1 N–H and O–H groups in total. The van der Waals surface area contributed by atoms with Crippen molar-refractivity contribution in [3.8, 4) is 23.0 Å². The average Bonchev–Trinajstić information content (AvgIpc) is 3.10. The third-order valence-electron chi connectivity index (χ3n) is 3.97. The zero-order valence-corrected chi connectivity index (χ0v) is 16.3. The lowest BCUT2D eigenvalue weighted by Crippen LogP contribution is -2.30. The van der Waals surface area contributed by atoms with Gasteiger partial charge in [0.25, 0.3) is 5.91 Å². The number of benzene rings is 2. The summed E-state index contributed by atoms with van der Waals surface area (Å²) in [5.41, 5.74) is 3.07. The standard InChI is InChI=1S/C22H19ClN4O/c1-15(2)25-22(28)17(13-24)12-18-14-27(20-6-4-3-5-7-20)26-21(18)16-8-10-19(23)11-9-16/h3-12,14-15H,1-2H3,(H,25,28)/b17-12+. The van der Waals surface area contributed by atoms with Crippen LogP contribution in [-0.4, -0.2) is 21.7 Å². The Labute approximate surface area is 168 Å². The normalized spacial score (nSPS) is 11.3. The highest BCUT2D eigenvalue weighted by molar-refractivity contribution is 6.30. The van der Waals surface area contributed by atoms with E-state index in [1.807, 2.05) is 62.4 Å².